The monoisotopic (exact) mass is 465 g/mol. The molecule has 0 saturated carbocycles. The molecule has 33 heavy (non-hydrogen) atoms. The van der Waals surface area contributed by atoms with Crippen molar-refractivity contribution in [2.24, 2.45) is 0 Å². The van der Waals surface area contributed by atoms with Crippen LogP contribution in [0.5, 0.6) is 5.75 Å². The predicted octanol–water partition coefficient (Wildman–Crippen LogP) is 5.38. The minimum Gasteiger partial charge on any atom is -0.761 e. The van der Waals surface area contributed by atoms with E-state index in [1.54, 1.807) is 12.1 Å². The molecule has 11 heteroatoms. The lowest BCUT2D eigenvalue weighted by Crippen LogP contribution is -2.18. The summed E-state index contributed by atoms with van der Waals surface area (Å²) >= 11 is 0. The van der Waals surface area contributed by atoms with Crippen molar-refractivity contribution in [3.63, 3.8) is 0 Å². The van der Waals surface area contributed by atoms with Gasteiger partial charge in [-0.25, -0.2) is 18.7 Å². The number of anilines is 1. The molecule has 0 spiro atoms. The number of allylic oxidation sites excluding steroid dienone is 2. The molecule has 0 aliphatic carbocycles. The van der Waals surface area contributed by atoms with E-state index in [1.165, 1.54) is 24.5 Å². The molecule has 2 aromatic carbocycles. The van der Waals surface area contributed by atoms with Gasteiger partial charge in [0.05, 0.1) is 11.0 Å². The summed E-state index contributed by atoms with van der Waals surface area (Å²) in [6.45, 7) is 1.49. The summed E-state index contributed by atoms with van der Waals surface area (Å²) in [6, 6.07) is 8.13. The summed E-state index contributed by atoms with van der Waals surface area (Å²) in [5.74, 6) is -1.76. The van der Waals surface area contributed by atoms with Gasteiger partial charge in [0.2, 0.25) is 0 Å². The molecule has 174 valence electrons. The highest BCUT2D eigenvalue weighted by Crippen LogP contribution is 2.32. The molecule has 0 bridgehead atoms. The predicted molar refractivity (Wildman–Crippen MR) is 113 cm³/mol. The van der Waals surface area contributed by atoms with Gasteiger partial charge >= 0.3 is 6.18 Å². The van der Waals surface area contributed by atoms with E-state index in [9.17, 15) is 27.2 Å². The third kappa shape index (κ3) is 5.75. The normalized spacial score (nSPS) is 12.7. The third-order valence-corrected chi connectivity index (χ3v) is 4.60. The molecule has 0 fully saturated rings. The van der Waals surface area contributed by atoms with E-state index in [2.05, 4.69) is 15.3 Å². The smallest absolute Gasteiger partial charge is 0.419 e. The number of rotatable bonds is 8. The van der Waals surface area contributed by atoms with Crippen molar-refractivity contribution >= 4 is 16.7 Å². The van der Waals surface area contributed by atoms with Crippen molar-refractivity contribution < 1.29 is 26.7 Å². The number of hydroxylamine groups is 1. The maximum absolute atomic E-state index is 14.1. The fourth-order valence-electron chi connectivity index (χ4n) is 3.07. The number of hydrogen-bond acceptors (Lipinski definition) is 6. The Morgan fingerprint density at radius 2 is 1.76 bits per heavy atom. The highest BCUT2D eigenvalue weighted by molar-refractivity contribution is 5.89. The van der Waals surface area contributed by atoms with Crippen LogP contribution in [-0.4, -0.2) is 22.7 Å². The van der Waals surface area contributed by atoms with E-state index in [0.717, 1.165) is 30.1 Å². The molecule has 0 aliphatic rings. The van der Waals surface area contributed by atoms with Crippen LogP contribution in [0.2, 0.25) is 0 Å². The van der Waals surface area contributed by atoms with Crippen LogP contribution in [0.3, 0.4) is 0 Å². The number of ether oxygens (including phenoxy) is 1. The Balaban J connectivity index is 1.67. The summed E-state index contributed by atoms with van der Waals surface area (Å²) < 4.78 is 72.5. The highest BCUT2D eigenvalue weighted by Gasteiger charge is 2.36. The SMILES string of the molecule is C/C=C(\C(=C/N[O-])Oc1ccc(CCNc2ncnc3c(F)ccc(F)c23)cc1)C(F)(F)F. The quantitative estimate of drug-likeness (QED) is 0.201. The molecule has 0 radical (unpaired) electrons. The van der Waals surface area contributed by atoms with Gasteiger partial charge in [-0.15, -0.1) is 0 Å². The number of nitrogens with zero attached hydrogens (tertiary/aromatic N) is 2. The van der Waals surface area contributed by atoms with Crippen molar-refractivity contribution in [1.29, 1.82) is 0 Å². The van der Waals surface area contributed by atoms with Crippen molar-refractivity contribution in [1.82, 2.24) is 15.4 Å². The minimum atomic E-state index is -4.70. The standard InChI is InChI=1S/C22H18F5N4O2/c1-2-15(22(25,26)27)18(11-31-32)33-14-5-3-13(4-6-14)9-10-28-21-19-16(23)7-8-17(24)20(19)29-12-30-21/h2-8,11-12,31H,9-10H2,1H3,(H,28,29,30)/q-1/b15-2+,18-11+. The molecule has 0 amide bonds. The van der Waals surface area contributed by atoms with Gasteiger partial charge in [0.25, 0.3) is 0 Å². The third-order valence-electron chi connectivity index (χ3n) is 4.60. The molecule has 0 aliphatic heterocycles. The van der Waals surface area contributed by atoms with E-state index in [0.29, 0.717) is 19.2 Å². The molecule has 3 rings (SSSR count). The topological polar surface area (TPSA) is 82.1 Å². The van der Waals surface area contributed by atoms with E-state index < -0.39 is 29.1 Å². The summed E-state index contributed by atoms with van der Waals surface area (Å²) in [5, 5.41) is 13.5. The molecule has 1 aromatic heterocycles. The Labute approximate surface area is 185 Å². The van der Waals surface area contributed by atoms with Crippen LogP contribution < -0.4 is 15.5 Å². The minimum absolute atomic E-state index is 0.0583. The number of hydrogen-bond donors (Lipinski definition) is 2. The number of alkyl halides is 3. The van der Waals surface area contributed by atoms with E-state index >= 15 is 0 Å². The summed E-state index contributed by atoms with van der Waals surface area (Å²) in [7, 11) is 0. The van der Waals surface area contributed by atoms with Gasteiger partial charge in [-0.3, -0.25) is 0 Å². The zero-order valence-corrected chi connectivity index (χ0v) is 17.2. The van der Waals surface area contributed by atoms with Gasteiger partial charge in [0.15, 0.2) is 5.76 Å². The second-order valence-corrected chi connectivity index (χ2v) is 6.72. The zero-order valence-electron chi connectivity index (χ0n) is 17.2. The first kappa shape index (κ1) is 23.9. The molecule has 1 heterocycles. The average Bonchev–Trinajstić information content (AvgIpc) is 2.77. The van der Waals surface area contributed by atoms with Crippen molar-refractivity contribution in [3.8, 4) is 5.75 Å². The first-order chi connectivity index (χ1) is 15.7. The van der Waals surface area contributed by atoms with Crippen molar-refractivity contribution in [2.75, 3.05) is 11.9 Å². The highest BCUT2D eigenvalue weighted by atomic mass is 19.4. The molecular formula is C22H18F5N4O2-. The van der Waals surface area contributed by atoms with E-state index in [4.69, 9.17) is 4.74 Å². The van der Waals surface area contributed by atoms with E-state index in [-0.39, 0.29) is 22.5 Å². The van der Waals surface area contributed by atoms with Crippen LogP contribution >= 0.6 is 0 Å². The average molecular weight is 465 g/mol. The van der Waals surface area contributed by atoms with Gasteiger partial charge in [-0.2, -0.15) is 13.2 Å². The molecular weight excluding hydrogens is 447 g/mol. The number of aromatic nitrogens is 2. The number of nitrogens with one attached hydrogen (secondary N) is 2. The first-order valence-corrected chi connectivity index (χ1v) is 9.65. The van der Waals surface area contributed by atoms with Crippen LogP contribution in [0, 0.1) is 16.8 Å². The van der Waals surface area contributed by atoms with Gasteiger partial charge in [-0.05, 0) is 43.2 Å². The Morgan fingerprint density at radius 3 is 2.39 bits per heavy atom. The van der Waals surface area contributed by atoms with E-state index in [1.807, 2.05) is 0 Å². The largest absolute Gasteiger partial charge is 0.761 e. The fourth-order valence-corrected chi connectivity index (χ4v) is 3.07. The molecule has 6 nitrogen and oxygen atoms in total. The fraction of sp³-hybridized carbons (Fsp3) is 0.182. The van der Waals surface area contributed by atoms with Crippen molar-refractivity contribution in [2.45, 2.75) is 19.5 Å². The molecule has 2 N–H and O–H groups in total. The van der Waals surface area contributed by atoms with Crippen molar-refractivity contribution in [3.05, 3.63) is 88.7 Å². The maximum atomic E-state index is 14.1. The summed E-state index contributed by atoms with van der Waals surface area (Å²) in [4.78, 5) is 7.73. The molecule has 0 atom stereocenters. The maximum Gasteiger partial charge on any atom is 0.419 e. The molecule has 0 unspecified atom stereocenters. The van der Waals surface area contributed by atoms with Crippen LogP contribution in [-0.2, 0) is 6.42 Å². The Bertz CT molecular complexity index is 1180. The van der Waals surface area contributed by atoms with Gasteiger partial charge in [0, 0.05) is 12.7 Å². The first-order valence-electron chi connectivity index (χ1n) is 9.65. The second kappa shape index (κ2) is 10.3. The van der Waals surface area contributed by atoms with Gasteiger partial charge in [0.1, 0.15) is 35.0 Å². The van der Waals surface area contributed by atoms with Crippen LogP contribution in [0.15, 0.2) is 66.3 Å². The lowest BCUT2D eigenvalue weighted by atomic mass is 10.1. The zero-order chi connectivity index (χ0) is 24.0. The number of fused-ring (bicyclic) bond motifs is 1. The lowest BCUT2D eigenvalue weighted by molar-refractivity contribution is -0.0921. The molecule has 0 saturated heterocycles. The second-order valence-electron chi connectivity index (χ2n) is 6.72. The lowest BCUT2D eigenvalue weighted by Gasteiger charge is -2.17. The van der Waals surface area contributed by atoms with Crippen LogP contribution in [0.1, 0.15) is 12.5 Å². The summed E-state index contributed by atoms with van der Waals surface area (Å²) in [5.41, 5.74) is 0.858. The molecule has 3 aromatic rings. The van der Waals surface area contributed by atoms with Crippen LogP contribution in [0.25, 0.3) is 10.9 Å². The Hall–Kier alpha value is -3.73. The van der Waals surface area contributed by atoms with Crippen LogP contribution in [0.4, 0.5) is 27.8 Å². The Kier molecular flexibility index (Phi) is 7.44. The summed E-state index contributed by atoms with van der Waals surface area (Å²) in [6.07, 6.45) is -1.75. The van der Waals surface area contributed by atoms with Gasteiger partial charge < -0.3 is 20.7 Å². The number of halogens is 5. The van der Waals surface area contributed by atoms with Gasteiger partial charge in [-0.1, -0.05) is 18.2 Å². The number of benzene rings is 2. The Morgan fingerprint density at radius 1 is 1.06 bits per heavy atom.